The van der Waals surface area contributed by atoms with E-state index in [0.29, 0.717) is 0 Å². The second-order valence-corrected chi connectivity index (χ2v) is 6.34. The van der Waals surface area contributed by atoms with Gasteiger partial charge in [0.05, 0.1) is 13.2 Å². The van der Waals surface area contributed by atoms with Gasteiger partial charge in [0, 0.05) is 30.8 Å². The summed E-state index contributed by atoms with van der Waals surface area (Å²) >= 11 is 1.73. The molecule has 114 valence electrons. The quantitative estimate of drug-likeness (QED) is 0.545. The third-order valence-electron chi connectivity index (χ3n) is 3.88. The Balaban J connectivity index is 1.53. The van der Waals surface area contributed by atoms with Gasteiger partial charge in [-0.25, -0.2) is 9.97 Å². The standard InChI is InChI=1S/C16H17N3O2S/c1-2-4-13-12(3-1)14-15(21-13)16(18-11-17-14)22-10-7-19-5-8-20-9-6-19/h1-4,11H,5-10H2. The monoisotopic (exact) mass is 315 g/mol. The smallest absolute Gasteiger partial charge is 0.186 e. The van der Waals surface area contributed by atoms with Crippen molar-refractivity contribution in [3.63, 3.8) is 0 Å². The summed E-state index contributed by atoms with van der Waals surface area (Å²) in [4.78, 5) is 11.2. The first-order valence-corrected chi connectivity index (χ1v) is 8.45. The average Bonchev–Trinajstić information content (AvgIpc) is 2.96. The highest BCUT2D eigenvalue weighted by atomic mass is 32.2. The summed E-state index contributed by atoms with van der Waals surface area (Å²) in [5.41, 5.74) is 2.57. The summed E-state index contributed by atoms with van der Waals surface area (Å²) in [5.74, 6) is 0.989. The van der Waals surface area contributed by atoms with Gasteiger partial charge in [-0.2, -0.15) is 0 Å². The molecule has 0 unspecified atom stereocenters. The fraction of sp³-hybridized carbons (Fsp3) is 0.375. The Kier molecular flexibility index (Phi) is 3.97. The SMILES string of the molecule is c1ccc2c(c1)oc1c(SCCN3CCOCC3)ncnc12. The average molecular weight is 315 g/mol. The zero-order chi connectivity index (χ0) is 14.8. The number of benzene rings is 1. The number of fused-ring (bicyclic) bond motifs is 3. The highest BCUT2D eigenvalue weighted by Crippen LogP contribution is 2.32. The molecule has 3 heterocycles. The number of nitrogens with zero attached hydrogens (tertiary/aromatic N) is 3. The van der Waals surface area contributed by atoms with E-state index in [9.17, 15) is 0 Å². The van der Waals surface area contributed by atoms with Crippen molar-refractivity contribution < 1.29 is 9.15 Å². The van der Waals surface area contributed by atoms with E-state index in [2.05, 4.69) is 14.9 Å². The molecule has 5 nitrogen and oxygen atoms in total. The molecule has 1 fully saturated rings. The van der Waals surface area contributed by atoms with E-state index in [1.54, 1.807) is 18.1 Å². The largest absolute Gasteiger partial charge is 0.451 e. The van der Waals surface area contributed by atoms with Crippen LogP contribution in [0.4, 0.5) is 0 Å². The van der Waals surface area contributed by atoms with Crippen LogP contribution in [-0.2, 0) is 4.74 Å². The number of hydrogen-bond donors (Lipinski definition) is 0. The van der Waals surface area contributed by atoms with E-state index < -0.39 is 0 Å². The number of hydrogen-bond acceptors (Lipinski definition) is 6. The first-order chi connectivity index (χ1) is 10.9. The van der Waals surface area contributed by atoms with Gasteiger partial charge in [0.1, 0.15) is 22.5 Å². The molecular weight excluding hydrogens is 298 g/mol. The number of ether oxygens (including phenoxy) is 1. The third-order valence-corrected chi connectivity index (χ3v) is 4.83. The van der Waals surface area contributed by atoms with Crippen molar-refractivity contribution in [2.45, 2.75) is 5.03 Å². The molecule has 3 aromatic rings. The Morgan fingerprint density at radius 3 is 2.91 bits per heavy atom. The first kappa shape index (κ1) is 14.0. The molecule has 1 aliphatic rings. The zero-order valence-electron chi connectivity index (χ0n) is 12.2. The molecule has 0 atom stereocenters. The number of rotatable bonds is 4. The highest BCUT2D eigenvalue weighted by Gasteiger charge is 2.14. The molecule has 0 saturated carbocycles. The van der Waals surface area contributed by atoms with E-state index in [-0.39, 0.29) is 0 Å². The molecular formula is C16H17N3O2S. The summed E-state index contributed by atoms with van der Waals surface area (Å²) in [7, 11) is 0. The van der Waals surface area contributed by atoms with Crippen LogP contribution in [0, 0.1) is 0 Å². The second kappa shape index (κ2) is 6.24. The fourth-order valence-electron chi connectivity index (χ4n) is 2.70. The van der Waals surface area contributed by atoms with Crippen molar-refractivity contribution in [2.75, 3.05) is 38.6 Å². The van der Waals surface area contributed by atoms with Gasteiger partial charge in [-0.3, -0.25) is 4.90 Å². The van der Waals surface area contributed by atoms with Gasteiger partial charge in [-0.1, -0.05) is 12.1 Å². The Hall–Kier alpha value is -1.63. The number of para-hydroxylation sites is 1. The minimum absolute atomic E-state index is 0.802. The topological polar surface area (TPSA) is 51.4 Å². The van der Waals surface area contributed by atoms with Gasteiger partial charge < -0.3 is 9.15 Å². The second-order valence-electron chi connectivity index (χ2n) is 5.26. The van der Waals surface area contributed by atoms with Gasteiger partial charge >= 0.3 is 0 Å². The molecule has 0 radical (unpaired) electrons. The van der Waals surface area contributed by atoms with Crippen LogP contribution < -0.4 is 0 Å². The number of morpholine rings is 1. The van der Waals surface area contributed by atoms with Crippen molar-refractivity contribution in [1.82, 2.24) is 14.9 Å². The van der Waals surface area contributed by atoms with Crippen LogP contribution in [0.1, 0.15) is 0 Å². The maximum absolute atomic E-state index is 5.95. The number of aromatic nitrogens is 2. The lowest BCUT2D eigenvalue weighted by atomic mass is 10.2. The van der Waals surface area contributed by atoms with Gasteiger partial charge in [-0.15, -0.1) is 11.8 Å². The summed E-state index contributed by atoms with van der Waals surface area (Å²) < 4.78 is 11.3. The number of furan rings is 1. The summed E-state index contributed by atoms with van der Waals surface area (Å²) in [5, 5.41) is 1.98. The van der Waals surface area contributed by atoms with E-state index in [4.69, 9.17) is 9.15 Å². The van der Waals surface area contributed by atoms with E-state index >= 15 is 0 Å². The molecule has 0 N–H and O–H groups in total. The van der Waals surface area contributed by atoms with Crippen LogP contribution in [0.2, 0.25) is 0 Å². The Morgan fingerprint density at radius 2 is 2.00 bits per heavy atom. The Labute approximate surface area is 132 Å². The first-order valence-electron chi connectivity index (χ1n) is 7.47. The van der Waals surface area contributed by atoms with Crippen molar-refractivity contribution in [3.8, 4) is 0 Å². The molecule has 2 aromatic heterocycles. The van der Waals surface area contributed by atoms with Crippen molar-refractivity contribution >= 4 is 33.8 Å². The fourth-order valence-corrected chi connectivity index (χ4v) is 3.64. The minimum atomic E-state index is 0.802. The van der Waals surface area contributed by atoms with E-state index in [1.807, 2.05) is 24.3 Å². The molecule has 0 bridgehead atoms. The molecule has 0 amide bonds. The maximum atomic E-state index is 5.95. The summed E-state index contributed by atoms with van der Waals surface area (Å²) in [6.45, 7) is 4.76. The van der Waals surface area contributed by atoms with Crippen LogP contribution in [0.15, 0.2) is 40.0 Å². The summed E-state index contributed by atoms with van der Waals surface area (Å²) in [6, 6.07) is 7.99. The van der Waals surface area contributed by atoms with Crippen LogP contribution in [0.5, 0.6) is 0 Å². The molecule has 4 rings (SSSR count). The lowest BCUT2D eigenvalue weighted by Crippen LogP contribution is -2.37. The molecule has 1 aromatic carbocycles. The lowest BCUT2D eigenvalue weighted by molar-refractivity contribution is 0.0410. The molecule has 6 heteroatoms. The molecule has 0 aliphatic carbocycles. The van der Waals surface area contributed by atoms with Crippen molar-refractivity contribution in [1.29, 1.82) is 0 Å². The minimum Gasteiger partial charge on any atom is -0.451 e. The van der Waals surface area contributed by atoms with E-state index in [1.165, 1.54) is 0 Å². The van der Waals surface area contributed by atoms with Gasteiger partial charge in [-0.05, 0) is 12.1 Å². The van der Waals surface area contributed by atoms with Crippen LogP contribution in [0.3, 0.4) is 0 Å². The van der Waals surface area contributed by atoms with Gasteiger partial charge in [0.2, 0.25) is 0 Å². The predicted octanol–water partition coefficient (Wildman–Crippen LogP) is 2.80. The molecule has 22 heavy (non-hydrogen) atoms. The predicted molar refractivity (Wildman–Crippen MR) is 87.3 cm³/mol. The van der Waals surface area contributed by atoms with Crippen LogP contribution in [-0.4, -0.2) is 53.5 Å². The van der Waals surface area contributed by atoms with Crippen molar-refractivity contribution in [3.05, 3.63) is 30.6 Å². The highest BCUT2D eigenvalue weighted by molar-refractivity contribution is 7.99. The third kappa shape index (κ3) is 2.69. The molecule has 0 spiro atoms. The summed E-state index contributed by atoms with van der Waals surface area (Å²) in [6.07, 6.45) is 1.63. The normalized spacial score (nSPS) is 16.5. The van der Waals surface area contributed by atoms with Gasteiger partial charge in [0.25, 0.3) is 0 Å². The van der Waals surface area contributed by atoms with Crippen LogP contribution >= 0.6 is 11.8 Å². The molecule has 1 saturated heterocycles. The molecule has 1 aliphatic heterocycles. The lowest BCUT2D eigenvalue weighted by Gasteiger charge is -2.26. The Morgan fingerprint density at radius 1 is 1.14 bits per heavy atom. The zero-order valence-corrected chi connectivity index (χ0v) is 13.0. The maximum Gasteiger partial charge on any atom is 0.186 e. The Bertz CT molecular complexity index is 783. The van der Waals surface area contributed by atoms with Gasteiger partial charge in [0.15, 0.2) is 5.58 Å². The van der Waals surface area contributed by atoms with Crippen LogP contribution in [0.25, 0.3) is 22.1 Å². The van der Waals surface area contributed by atoms with E-state index in [0.717, 1.165) is 65.7 Å². The van der Waals surface area contributed by atoms with Crippen molar-refractivity contribution in [2.24, 2.45) is 0 Å². The number of thioether (sulfide) groups is 1.